The highest BCUT2D eigenvalue weighted by Crippen LogP contribution is 2.47. The molecule has 0 aliphatic rings. The Balaban J connectivity index is 5.33. The molecule has 0 aliphatic heterocycles. The van der Waals surface area contributed by atoms with Crippen molar-refractivity contribution < 1.29 is 42.9 Å². The summed E-state index contributed by atoms with van der Waals surface area (Å²) in [4.78, 5) is 52.6. The van der Waals surface area contributed by atoms with Crippen LogP contribution in [0.15, 0.2) is 0 Å². The topological polar surface area (TPSA) is 136 Å². The van der Waals surface area contributed by atoms with E-state index in [-0.39, 0.29) is 12.8 Å². The van der Waals surface area contributed by atoms with Crippen LogP contribution in [0, 0.1) is 5.92 Å². The first kappa shape index (κ1) is 18.6. The first-order valence-electron chi connectivity index (χ1n) is 5.46. The lowest BCUT2D eigenvalue weighted by Gasteiger charge is -2.23. The van der Waals surface area contributed by atoms with Crippen molar-refractivity contribution in [2.24, 2.45) is 5.92 Å². The molecule has 0 spiro atoms. The summed E-state index contributed by atoms with van der Waals surface area (Å²) >= 11 is 0. The lowest BCUT2D eigenvalue weighted by molar-refractivity contribution is -0.153. The Morgan fingerprint density at radius 3 is 1.85 bits per heavy atom. The zero-order valence-corrected chi connectivity index (χ0v) is 12.2. The van der Waals surface area contributed by atoms with Crippen molar-refractivity contribution in [2.75, 3.05) is 21.3 Å². The Morgan fingerprint density at radius 2 is 1.50 bits per heavy atom. The van der Waals surface area contributed by atoms with Gasteiger partial charge < -0.3 is 24.0 Å². The van der Waals surface area contributed by atoms with Gasteiger partial charge in [-0.2, -0.15) is 0 Å². The van der Waals surface area contributed by atoms with Crippen LogP contribution in [0.1, 0.15) is 12.8 Å². The van der Waals surface area contributed by atoms with Crippen LogP contribution in [0.4, 0.5) is 0 Å². The summed E-state index contributed by atoms with van der Waals surface area (Å²) in [6.07, 6.45) is -0.617. The zero-order chi connectivity index (χ0) is 15.9. The Labute approximate surface area is 115 Å². The molecule has 9 nitrogen and oxygen atoms in total. The van der Waals surface area contributed by atoms with E-state index >= 15 is 0 Å². The maximum Gasteiger partial charge on any atom is 0.340 e. The highest BCUT2D eigenvalue weighted by atomic mass is 31.2. The third-order valence-corrected chi connectivity index (χ3v) is 3.87. The standard InChI is InChI=1S/C10H17O9P/c1-17-7(11)5-4-6(9(12)18-2)8(10(13)19-3)20(14,15)16/h6,8H,4-5H2,1-3H3,(H2,14,15,16). The molecule has 2 atom stereocenters. The third kappa shape index (κ3) is 5.28. The summed E-state index contributed by atoms with van der Waals surface area (Å²) in [6, 6.07) is 0. The molecule has 2 unspecified atom stereocenters. The summed E-state index contributed by atoms with van der Waals surface area (Å²) in [7, 11) is -1.91. The van der Waals surface area contributed by atoms with E-state index in [9.17, 15) is 28.7 Å². The third-order valence-electron chi connectivity index (χ3n) is 2.58. The van der Waals surface area contributed by atoms with Crippen molar-refractivity contribution in [1.29, 1.82) is 0 Å². The molecule has 116 valence electrons. The molecule has 0 aromatic rings. The van der Waals surface area contributed by atoms with Gasteiger partial charge >= 0.3 is 25.5 Å². The van der Waals surface area contributed by atoms with Crippen LogP contribution in [0.25, 0.3) is 0 Å². The number of ether oxygens (including phenoxy) is 3. The van der Waals surface area contributed by atoms with Crippen LogP contribution in [0.2, 0.25) is 0 Å². The minimum absolute atomic E-state index is 0.302. The summed E-state index contributed by atoms with van der Waals surface area (Å²) in [6.45, 7) is 0. The van der Waals surface area contributed by atoms with E-state index in [1.54, 1.807) is 0 Å². The summed E-state index contributed by atoms with van der Waals surface area (Å²) in [5, 5.41) is 0. The molecule has 20 heavy (non-hydrogen) atoms. The molecular weight excluding hydrogens is 295 g/mol. The van der Waals surface area contributed by atoms with Gasteiger partial charge in [0.15, 0.2) is 5.66 Å². The molecule has 0 fully saturated rings. The van der Waals surface area contributed by atoms with Crippen molar-refractivity contribution >= 4 is 25.5 Å². The lowest BCUT2D eigenvalue weighted by atomic mass is 9.99. The van der Waals surface area contributed by atoms with Gasteiger partial charge in [-0.15, -0.1) is 0 Å². The van der Waals surface area contributed by atoms with E-state index in [0.717, 1.165) is 21.3 Å². The molecule has 10 heteroatoms. The number of carbonyl (C=O) groups is 3. The van der Waals surface area contributed by atoms with Gasteiger partial charge in [-0.25, -0.2) is 0 Å². The number of esters is 3. The van der Waals surface area contributed by atoms with Gasteiger partial charge in [0.25, 0.3) is 0 Å². The Bertz CT molecular complexity index is 413. The predicted octanol–water partition coefficient (Wildman–Crippen LogP) is -0.552. The van der Waals surface area contributed by atoms with Crippen LogP contribution < -0.4 is 0 Å². The molecule has 2 N–H and O–H groups in total. The van der Waals surface area contributed by atoms with Crippen molar-refractivity contribution in [2.45, 2.75) is 18.5 Å². The molecule has 0 saturated heterocycles. The van der Waals surface area contributed by atoms with Gasteiger partial charge in [0.2, 0.25) is 0 Å². The first-order chi connectivity index (χ1) is 9.18. The monoisotopic (exact) mass is 312 g/mol. The van der Waals surface area contributed by atoms with Gasteiger partial charge in [-0.05, 0) is 6.42 Å². The Kier molecular flexibility index (Phi) is 7.41. The number of rotatable bonds is 7. The number of hydrogen-bond acceptors (Lipinski definition) is 7. The summed E-state index contributed by atoms with van der Waals surface area (Å²) < 4.78 is 24.4. The number of carbonyl (C=O) groups excluding carboxylic acids is 3. The van der Waals surface area contributed by atoms with Crippen LogP contribution in [0.5, 0.6) is 0 Å². The number of hydrogen-bond donors (Lipinski definition) is 2. The van der Waals surface area contributed by atoms with Gasteiger partial charge in [0.1, 0.15) is 0 Å². The average Bonchev–Trinajstić information content (AvgIpc) is 2.39. The summed E-state index contributed by atoms with van der Waals surface area (Å²) in [5.41, 5.74) is -2.02. The maximum absolute atomic E-state index is 11.6. The average molecular weight is 312 g/mol. The van der Waals surface area contributed by atoms with Crippen LogP contribution in [-0.4, -0.2) is 54.7 Å². The van der Waals surface area contributed by atoms with E-state index in [0.29, 0.717) is 0 Å². The maximum atomic E-state index is 11.6. The lowest BCUT2D eigenvalue weighted by Crippen LogP contribution is -2.37. The minimum atomic E-state index is -4.97. The minimum Gasteiger partial charge on any atom is -0.469 e. The van der Waals surface area contributed by atoms with Crippen molar-refractivity contribution in [3.8, 4) is 0 Å². The molecule has 0 amide bonds. The first-order valence-corrected chi connectivity index (χ1v) is 7.14. The molecule has 0 heterocycles. The normalized spacial score (nSPS) is 14.1. The molecule has 0 radical (unpaired) electrons. The van der Waals surface area contributed by atoms with E-state index in [1.807, 2.05) is 0 Å². The molecule has 0 rings (SSSR count). The van der Waals surface area contributed by atoms with E-state index in [4.69, 9.17) is 0 Å². The largest absolute Gasteiger partial charge is 0.469 e. The fraction of sp³-hybridized carbons (Fsp3) is 0.700. The van der Waals surface area contributed by atoms with E-state index in [2.05, 4.69) is 14.2 Å². The van der Waals surface area contributed by atoms with Crippen LogP contribution >= 0.6 is 7.60 Å². The molecule has 0 aliphatic carbocycles. The highest BCUT2D eigenvalue weighted by Gasteiger charge is 2.47. The zero-order valence-electron chi connectivity index (χ0n) is 11.3. The van der Waals surface area contributed by atoms with Crippen molar-refractivity contribution in [1.82, 2.24) is 0 Å². The van der Waals surface area contributed by atoms with E-state index < -0.39 is 37.1 Å². The molecule has 0 aromatic carbocycles. The fourth-order valence-corrected chi connectivity index (χ4v) is 2.71. The van der Waals surface area contributed by atoms with Gasteiger partial charge in [0.05, 0.1) is 27.2 Å². The SMILES string of the molecule is COC(=O)CCC(C(=O)OC)C(C(=O)OC)P(=O)(O)O. The Morgan fingerprint density at radius 1 is 1.00 bits per heavy atom. The molecule has 0 aromatic heterocycles. The number of methoxy groups -OCH3 is 3. The summed E-state index contributed by atoms with van der Waals surface area (Å²) in [5.74, 6) is -4.47. The molecule has 0 saturated carbocycles. The highest BCUT2D eigenvalue weighted by molar-refractivity contribution is 7.53. The van der Waals surface area contributed by atoms with Gasteiger partial charge in [-0.3, -0.25) is 18.9 Å². The second kappa shape index (κ2) is 7.98. The quantitative estimate of drug-likeness (QED) is 0.360. The van der Waals surface area contributed by atoms with Crippen LogP contribution in [-0.2, 0) is 33.2 Å². The molecule has 0 bridgehead atoms. The predicted molar refractivity (Wildman–Crippen MR) is 64.6 cm³/mol. The Hall–Kier alpha value is -1.44. The van der Waals surface area contributed by atoms with E-state index in [1.165, 1.54) is 0 Å². The fourth-order valence-electron chi connectivity index (χ4n) is 1.59. The van der Waals surface area contributed by atoms with Crippen molar-refractivity contribution in [3.63, 3.8) is 0 Å². The van der Waals surface area contributed by atoms with Gasteiger partial charge in [-0.1, -0.05) is 0 Å². The van der Waals surface area contributed by atoms with Crippen molar-refractivity contribution in [3.05, 3.63) is 0 Å². The second-order valence-electron chi connectivity index (χ2n) is 3.80. The molecular formula is C10H17O9P. The van der Waals surface area contributed by atoms with Crippen LogP contribution in [0.3, 0.4) is 0 Å². The van der Waals surface area contributed by atoms with Gasteiger partial charge in [0, 0.05) is 6.42 Å². The second-order valence-corrected chi connectivity index (χ2v) is 5.54. The smallest absolute Gasteiger partial charge is 0.340 e.